The lowest BCUT2D eigenvalue weighted by Gasteiger charge is -2.32. The highest BCUT2D eigenvalue weighted by atomic mass is 28.3. The van der Waals surface area contributed by atoms with Gasteiger partial charge in [0.2, 0.25) is 0 Å². The molecule has 0 amide bonds. The van der Waals surface area contributed by atoms with E-state index in [1.165, 1.54) is 6.04 Å². The van der Waals surface area contributed by atoms with E-state index in [1.807, 2.05) is 0 Å². The number of ether oxygens (including phenoxy) is 1. The Morgan fingerprint density at radius 2 is 1.61 bits per heavy atom. The quantitative estimate of drug-likeness (QED) is 0.511. The molecule has 0 N–H and O–H groups in total. The van der Waals surface area contributed by atoms with Crippen molar-refractivity contribution in [2.75, 3.05) is 24.9 Å². The van der Waals surface area contributed by atoms with Crippen LogP contribution in [-0.4, -0.2) is 51.3 Å². The molecule has 0 unspecified atom stereocenters. The Morgan fingerprint density at radius 3 is 2.18 bits per heavy atom. The molecule has 1 saturated heterocycles. The average molecular weight is 402 g/mol. The van der Waals surface area contributed by atoms with Gasteiger partial charge in [-0.2, -0.15) is 0 Å². The Hall–Kier alpha value is -1.28. The highest BCUT2D eigenvalue weighted by molar-refractivity contribution is 6.76. The lowest BCUT2D eigenvalue weighted by Crippen LogP contribution is -2.41. The lowest BCUT2D eigenvalue weighted by molar-refractivity contribution is 0.00578. The maximum atomic E-state index is 6.14. The summed E-state index contributed by atoms with van der Waals surface area (Å²) in [6.07, 6.45) is 4.20. The summed E-state index contributed by atoms with van der Waals surface area (Å²) in [7, 11) is -1.34. The topological polar surface area (TPSA) is 34.2 Å². The first-order valence-electron chi connectivity index (χ1n) is 10.2. The van der Waals surface area contributed by atoms with E-state index < -0.39 is 8.07 Å². The van der Waals surface area contributed by atoms with Crippen molar-refractivity contribution >= 4 is 26.3 Å². The molecule has 7 heteroatoms. The molecule has 0 atom stereocenters. The summed E-state index contributed by atoms with van der Waals surface area (Å²) in [4.78, 5) is 4.41. The molecule has 3 rings (SSSR count). The highest BCUT2D eigenvalue weighted by Gasteiger charge is 2.51. The fourth-order valence-corrected chi connectivity index (χ4v) is 3.84. The summed E-state index contributed by atoms with van der Waals surface area (Å²) in [6.45, 7) is 17.7. The Bertz CT molecular complexity index is 685. The first-order valence-corrected chi connectivity index (χ1v) is 13.9. The summed E-state index contributed by atoms with van der Waals surface area (Å²) in [5.74, 6) is 0. The van der Waals surface area contributed by atoms with E-state index >= 15 is 0 Å². The van der Waals surface area contributed by atoms with Gasteiger partial charge in [-0.1, -0.05) is 31.8 Å². The molecular formula is C21H35BN2O3Si. The highest BCUT2D eigenvalue weighted by Crippen LogP contribution is 2.36. The molecule has 5 nitrogen and oxygen atoms in total. The number of hydrogen-bond acceptors (Lipinski definition) is 5. The third kappa shape index (κ3) is 5.00. The summed E-state index contributed by atoms with van der Waals surface area (Å²) >= 11 is 0. The van der Waals surface area contributed by atoms with Gasteiger partial charge in [-0.3, -0.25) is 0 Å². The third-order valence-corrected chi connectivity index (χ3v) is 7.50. The monoisotopic (exact) mass is 402 g/mol. The molecule has 0 bridgehead atoms. The van der Waals surface area contributed by atoms with Crippen LogP contribution < -0.4 is 10.4 Å². The first kappa shape index (κ1) is 21.4. The maximum absolute atomic E-state index is 6.14. The van der Waals surface area contributed by atoms with E-state index in [1.54, 1.807) is 0 Å². The Labute approximate surface area is 171 Å². The zero-order valence-corrected chi connectivity index (χ0v) is 19.5. The predicted molar refractivity (Wildman–Crippen MR) is 119 cm³/mol. The van der Waals surface area contributed by atoms with Crippen LogP contribution >= 0.6 is 0 Å². The number of hydrogen-bond donors (Lipinski definition) is 0. The van der Waals surface area contributed by atoms with Gasteiger partial charge in [0.15, 0.2) is 0 Å². The molecule has 2 heterocycles. The minimum atomic E-state index is -1.03. The number of benzene rings is 1. The van der Waals surface area contributed by atoms with Gasteiger partial charge in [0, 0.05) is 32.8 Å². The van der Waals surface area contributed by atoms with Gasteiger partial charge in [0.1, 0.15) is 6.73 Å². The minimum Gasteiger partial charge on any atom is -0.399 e. The maximum Gasteiger partial charge on any atom is 0.494 e. The molecule has 0 saturated carbocycles. The number of anilines is 1. The summed E-state index contributed by atoms with van der Waals surface area (Å²) in [5.41, 5.74) is 1.58. The fourth-order valence-electron chi connectivity index (χ4n) is 3.08. The molecule has 0 aromatic heterocycles. The molecular weight excluding hydrogens is 367 g/mol. The van der Waals surface area contributed by atoms with Crippen molar-refractivity contribution in [3.05, 3.63) is 36.7 Å². The Morgan fingerprint density at radius 1 is 1.00 bits per heavy atom. The normalized spacial score (nSPS) is 21.0. The van der Waals surface area contributed by atoms with Crippen LogP contribution in [0.25, 0.3) is 0 Å². The van der Waals surface area contributed by atoms with Crippen molar-refractivity contribution in [1.82, 2.24) is 4.90 Å². The van der Waals surface area contributed by atoms with Crippen molar-refractivity contribution in [1.29, 1.82) is 0 Å². The summed E-state index contributed by atoms with van der Waals surface area (Å²) in [5, 5.41) is 0. The number of rotatable bonds is 7. The second-order valence-electron chi connectivity index (χ2n) is 10.0. The van der Waals surface area contributed by atoms with E-state index in [0.717, 1.165) is 24.4 Å². The van der Waals surface area contributed by atoms with Gasteiger partial charge in [-0.05, 0) is 51.3 Å². The molecule has 2 aliphatic heterocycles. The lowest BCUT2D eigenvalue weighted by atomic mass is 9.79. The largest absolute Gasteiger partial charge is 0.494 e. The van der Waals surface area contributed by atoms with Crippen molar-refractivity contribution in [2.24, 2.45) is 0 Å². The van der Waals surface area contributed by atoms with Crippen LogP contribution in [0.1, 0.15) is 27.7 Å². The van der Waals surface area contributed by atoms with Gasteiger partial charge in [-0.15, -0.1) is 0 Å². The average Bonchev–Trinajstić information content (AvgIpc) is 3.13. The first-order chi connectivity index (χ1) is 13.0. The van der Waals surface area contributed by atoms with Crippen molar-refractivity contribution < 1.29 is 14.0 Å². The van der Waals surface area contributed by atoms with Crippen LogP contribution in [0.5, 0.6) is 0 Å². The molecule has 1 fully saturated rings. The van der Waals surface area contributed by atoms with Crippen molar-refractivity contribution in [3.63, 3.8) is 0 Å². The van der Waals surface area contributed by atoms with Gasteiger partial charge in [0.25, 0.3) is 0 Å². The zero-order chi connectivity index (χ0) is 20.6. The van der Waals surface area contributed by atoms with Crippen LogP contribution in [0.3, 0.4) is 0 Å². The van der Waals surface area contributed by atoms with Gasteiger partial charge < -0.3 is 23.8 Å². The Balaban J connectivity index is 1.51. The summed E-state index contributed by atoms with van der Waals surface area (Å²) < 4.78 is 18.1. The molecule has 0 radical (unpaired) electrons. The fraction of sp³-hybridized carbons (Fsp3) is 0.619. The van der Waals surface area contributed by atoms with E-state index in [4.69, 9.17) is 14.0 Å². The Kier molecular flexibility index (Phi) is 6.02. The predicted octanol–water partition coefficient (Wildman–Crippen LogP) is 3.85. The van der Waals surface area contributed by atoms with Crippen LogP contribution in [-0.2, 0) is 14.0 Å². The minimum absolute atomic E-state index is 0.315. The van der Waals surface area contributed by atoms with Crippen LogP contribution in [0.4, 0.5) is 5.69 Å². The van der Waals surface area contributed by atoms with E-state index in [9.17, 15) is 0 Å². The molecule has 2 aliphatic rings. The number of nitrogens with zero attached hydrogens (tertiary/aromatic N) is 2. The van der Waals surface area contributed by atoms with E-state index in [2.05, 4.69) is 93.8 Å². The third-order valence-electron chi connectivity index (χ3n) is 5.80. The molecule has 1 aromatic rings. The molecule has 1 aromatic carbocycles. The summed E-state index contributed by atoms with van der Waals surface area (Å²) in [6, 6.07) is 9.64. The zero-order valence-electron chi connectivity index (χ0n) is 18.5. The van der Waals surface area contributed by atoms with Crippen LogP contribution in [0.2, 0.25) is 25.7 Å². The second kappa shape index (κ2) is 7.86. The van der Waals surface area contributed by atoms with Crippen LogP contribution in [0, 0.1) is 0 Å². The van der Waals surface area contributed by atoms with Gasteiger partial charge >= 0.3 is 7.12 Å². The smallest absolute Gasteiger partial charge is 0.399 e. The van der Waals surface area contributed by atoms with E-state index in [0.29, 0.717) is 6.73 Å². The standard InChI is InChI=1S/C21H35BN2O3Si/c1-20(2)21(3,4)27-22(26-20)18-8-10-19(11-9-18)24-13-12-23(16-24)17-25-14-15-28(5,6)7/h8-13H,14-17H2,1-7H3. The molecule has 0 aliphatic carbocycles. The molecule has 0 spiro atoms. The SMILES string of the molecule is CC1(C)OB(c2ccc(N3C=CN(COCC[Si](C)(C)C)C3)cc2)OC1(C)C. The van der Waals surface area contributed by atoms with Crippen LogP contribution in [0.15, 0.2) is 36.7 Å². The second-order valence-corrected chi connectivity index (χ2v) is 15.6. The molecule has 28 heavy (non-hydrogen) atoms. The van der Waals surface area contributed by atoms with Gasteiger partial charge in [-0.25, -0.2) is 0 Å². The van der Waals surface area contributed by atoms with Crippen molar-refractivity contribution in [3.8, 4) is 0 Å². The molecule has 154 valence electrons. The van der Waals surface area contributed by atoms with E-state index in [-0.39, 0.29) is 18.3 Å². The van der Waals surface area contributed by atoms with Gasteiger partial charge in [0.05, 0.1) is 17.9 Å². The van der Waals surface area contributed by atoms with Crippen molar-refractivity contribution in [2.45, 2.75) is 64.6 Å².